The number of ketones is 1. The highest BCUT2D eigenvalue weighted by Gasteiger charge is 2.52. The van der Waals surface area contributed by atoms with Crippen LogP contribution in [0.2, 0.25) is 0 Å². The van der Waals surface area contributed by atoms with Gasteiger partial charge in [0.2, 0.25) is 0 Å². The Bertz CT molecular complexity index is 319. The first kappa shape index (κ1) is 12.5. The number of carbonyl (C=O) groups excluding carboxylic acids is 2. The van der Waals surface area contributed by atoms with Crippen molar-refractivity contribution in [2.75, 3.05) is 20.3 Å². The zero-order valence-electron chi connectivity index (χ0n) is 10.0. The number of epoxide rings is 1. The molecule has 0 aromatic heterocycles. The number of esters is 1. The fourth-order valence-electron chi connectivity index (χ4n) is 2.02. The zero-order chi connectivity index (χ0) is 12.4. The van der Waals surface area contributed by atoms with Gasteiger partial charge in [-0.25, -0.2) is 0 Å². The van der Waals surface area contributed by atoms with E-state index in [1.54, 1.807) is 4.90 Å². The van der Waals surface area contributed by atoms with Crippen molar-refractivity contribution in [1.29, 1.82) is 0 Å². The van der Waals surface area contributed by atoms with E-state index in [0.29, 0.717) is 6.61 Å². The maximum Gasteiger partial charge on any atom is 0.323 e. The lowest BCUT2D eigenvalue weighted by molar-refractivity contribution is -0.146. The predicted molar refractivity (Wildman–Crippen MR) is 57.0 cm³/mol. The first-order valence-corrected chi connectivity index (χ1v) is 5.79. The molecule has 2 fully saturated rings. The van der Waals surface area contributed by atoms with Gasteiger partial charge in [-0.2, -0.15) is 0 Å². The van der Waals surface area contributed by atoms with Crippen LogP contribution in [0.5, 0.6) is 0 Å². The minimum absolute atomic E-state index is 0.0325. The average Bonchev–Trinajstić information content (AvgIpc) is 3.00. The molecule has 0 N–H and O–H groups in total. The van der Waals surface area contributed by atoms with Gasteiger partial charge in [0.1, 0.15) is 11.8 Å². The van der Waals surface area contributed by atoms with Crippen LogP contribution in [0.1, 0.15) is 19.8 Å². The van der Waals surface area contributed by atoms with Crippen molar-refractivity contribution in [3.05, 3.63) is 0 Å². The van der Waals surface area contributed by atoms with E-state index < -0.39 is 6.04 Å². The molecule has 2 rings (SSSR count). The Labute approximate surface area is 99.8 Å². The standard InChI is InChI=1S/C11H17NO5/c1-3-4-16-11-9(17-11)12-6-7(13)5-8(12)10(14)15-2/h8-9,11H,3-6H2,1-2H3. The fourth-order valence-corrected chi connectivity index (χ4v) is 2.02. The molecule has 0 saturated carbocycles. The van der Waals surface area contributed by atoms with Crippen LogP contribution in [-0.2, 0) is 23.8 Å². The molecule has 0 aliphatic carbocycles. The Kier molecular flexibility index (Phi) is 3.76. The molecule has 17 heavy (non-hydrogen) atoms. The number of methoxy groups -OCH3 is 1. The van der Waals surface area contributed by atoms with Crippen LogP contribution >= 0.6 is 0 Å². The van der Waals surface area contributed by atoms with Crippen molar-refractivity contribution in [2.45, 2.75) is 38.3 Å². The molecule has 6 nitrogen and oxygen atoms in total. The molecule has 2 heterocycles. The molecule has 3 atom stereocenters. The molecule has 0 radical (unpaired) electrons. The third-order valence-corrected chi connectivity index (χ3v) is 2.90. The molecule has 0 bridgehead atoms. The van der Waals surface area contributed by atoms with Gasteiger partial charge in [-0.1, -0.05) is 6.92 Å². The van der Waals surface area contributed by atoms with Gasteiger partial charge in [0.05, 0.1) is 13.7 Å². The quantitative estimate of drug-likeness (QED) is 0.496. The highest BCUT2D eigenvalue weighted by atomic mass is 16.8. The number of ether oxygens (including phenoxy) is 3. The van der Waals surface area contributed by atoms with Gasteiger partial charge in [0.25, 0.3) is 0 Å². The van der Waals surface area contributed by atoms with Crippen molar-refractivity contribution in [1.82, 2.24) is 4.90 Å². The smallest absolute Gasteiger partial charge is 0.323 e. The monoisotopic (exact) mass is 243 g/mol. The molecule has 96 valence electrons. The van der Waals surface area contributed by atoms with Crippen LogP contribution in [0.25, 0.3) is 0 Å². The Morgan fingerprint density at radius 3 is 3.00 bits per heavy atom. The Morgan fingerprint density at radius 2 is 2.35 bits per heavy atom. The Hall–Kier alpha value is -0.980. The molecule has 0 aromatic rings. The number of Topliss-reactive ketones (excluding diaryl/α,β-unsaturated/α-hetero) is 1. The zero-order valence-corrected chi connectivity index (χ0v) is 10.0. The molecule has 2 aliphatic heterocycles. The third-order valence-electron chi connectivity index (χ3n) is 2.90. The van der Waals surface area contributed by atoms with Gasteiger partial charge < -0.3 is 14.2 Å². The van der Waals surface area contributed by atoms with Crippen LogP contribution in [0, 0.1) is 0 Å². The molecular weight excluding hydrogens is 226 g/mol. The molecule has 0 aromatic carbocycles. The van der Waals surface area contributed by atoms with Crippen molar-refractivity contribution >= 4 is 11.8 Å². The van der Waals surface area contributed by atoms with E-state index in [4.69, 9.17) is 9.47 Å². The minimum Gasteiger partial charge on any atom is -0.468 e. The molecule has 0 amide bonds. The SMILES string of the molecule is CCCOC1OC1N1CC(=O)CC1C(=O)OC. The van der Waals surface area contributed by atoms with Gasteiger partial charge in [0.15, 0.2) is 12.5 Å². The van der Waals surface area contributed by atoms with E-state index in [1.807, 2.05) is 6.92 Å². The normalized spacial score (nSPS) is 32.8. The van der Waals surface area contributed by atoms with E-state index in [-0.39, 0.29) is 37.2 Å². The highest BCUT2D eigenvalue weighted by Crippen LogP contribution is 2.32. The summed E-state index contributed by atoms with van der Waals surface area (Å²) in [7, 11) is 1.32. The average molecular weight is 243 g/mol. The first-order valence-electron chi connectivity index (χ1n) is 5.79. The van der Waals surface area contributed by atoms with Gasteiger partial charge in [-0.3, -0.25) is 14.5 Å². The first-order chi connectivity index (χ1) is 8.17. The van der Waals surface area contributed by atoms with Gasteiger partial charge in [-0.15, -0.1) is 0 Å². The summed E-state index contributed by atoms with van der Waals surface area (Å²) in [6.45, 7) is 2.86. The van der Waals surface area contributed by atoms with Crippen molar-refractivity contribution < 1.29 is 23.8 Å². The summed E-state index contributed by atoms with van der Waals surface area (Å²) in [6.07, 6.45) is 0.518. The summed E-state index contributed by atoms with van der Waals surface area (Å²) in [5.41, 5.74) is 0. The van der Waals surface area contributed by atoms with E-state index in [1.165, 1.54) is 7.11 Å². The maximum atomic E-state index is 11.5. The second kappa shape index (κ2) is 5.12. The number of carbonyl (C=O) groups is 2. The van der Waals surface area contributed by atoms with Crippen LogP contribution in [0.4, 0.5) is 0 Å². The lowest BCUT2D eigenvalue weighted by Gasteiger charge is -2.18. The third kappa shape index (κ3) is 2.65. The molecule has 2 aliphatic rings. The number of hydrogen-bond acceptors (Lipinski definition) is 6. The van der Waals surface area contributed by atoms with Gasteiger partial charge in [-0.05, 0) is 6.42 Å². The summed E-state index contributed by atoms with van der Waals surface area (Å²) in [5.74, 6) is -0.356. The van der Waals surface area contributed by atoms with Crippen LogP contribution in [0.15, 0.2) is 0 Å². The predicted octanol–water partition coefficient (Wildman–Crippen LogP) is -0.0882. The molecule has 0 spiro atoms. The molecule has 2 saturated heterocycles. The lowest BCUT2D eigenvalue weighted by Crippen LogP contribution is -2.39. The minimum atomic E-state index is -0.521. The van der Waals surface area contributed by atoms with E-state index >= 15 is 0 Å². The molecule has 6 heteroatoms. The molecular formula is C11H17NO5. The Morgan fingerprint density at radius 1 is 1.59 bits per heavy atom. The summed E-state index contributed by atoms with van der Waals surface area (Å²) in [6, 6.07) is -0.521. The number of hydrogen-bond donors (Lipinski definition) is 0. The second-order valence-electron chi connectivity index (χ2n) is 4.22. The summed E-state index contributed by atoms with van der Waals surface area (Å²) >= 11 is 0. The van der Waals surface area contributed by atoms with Gasteiger partial charge >= 0.3 is 5.97 Å². The summed E-state index contributed by atoms with van der Waals surface area (Å²) < 4.78 is 15.4. The second-order valence-corrected chi connectivity index (χ2v) is 4.22. The van der Waals surface area contributed by atoms with Crippen LogP contribution < -0.4 is 0 Å². The van der Waals surface area contributed by atoms with Crippen molar-refractivity contribution in [3.8, 4) is 0 Å². The fraction of sp³-hybridized carbons (Fsp3) is 0.818. The number of rotatable bonds is 5. The van der Waals surface area contributed by atoms with Crippen molar-refractivity contribution in [3.63, 3.8) is 0 Å². The van der Waals surface area contributed by atoms with Crippen LogP contribution in [-0.4, -0.2) is 55.5 Å². The van der Waals surface area contributed by atoms with E-state index in [9.17, 15) is 9.59 Å². The van der Waals surface area contributed by atoms with E-state index in [0.717, 1.165) is 6.42 Å². The van der Waals surface area contributed by atoms with Crippen LogP contribution in [0.3, 0.4) is 0 Å². The summed E-state index contributed by atoms with van der Waals surface area (Å²) in [4.78, 5) is 24.6. The highest BCUT2D eigenvalue weighted by molar-refractivity contribution is 5.91. The van der Waals surface area contributed by atoms with Gasteiger partial charge in [0, 0.05) is 13.0 Å². The maximum absolute atomic E-state index is 11.5. The topological polar surface area (TPSA) is 68.4 Å². The summed E-state index contributed by atoms with van der Waals surface area (Å²) in [5, 5.41) is 0. The lowest BCUT2D eigenvalue weighted by atomic mass is 10.2. The van der Waals surface area contributed by atoms with Crippen molar-refractivity contribution in [2.24, 2.45) is 0 Å². The number of likely N-dealkylation sites (tertiary alicyclic amines) is 1. The number of nitrogens with zero attached hydrogens (tertiary/aromatic N) is 1. The largest absolute Gasteiger partial charge is 0.468 e. The van der Waals surface area contributed by atoms with E-state index in [2.05, 4.69) is 4.74 Å². The molecule has 3 unspecified atom stereocenters. The Balaban J connectivity index is 1.91.